The van der Waals surface area contributed by atoms with Gasteiger partial charge in [0, 0.05) is 32.7 Å². The summed E-state index contributed by atoms with van der Waals surface area (Å²) in [5.41, 5.74) is 1.03. The molecule has 0 saturated carbocycles. The molecule has 1 atom stereocenters. The molecule has 0 amide bonds. The normalized spacial score (nSPS) is 18.6. The lowest BCUT2D eigenvalue weighted by Gasteiger charge is -2.36. The predicted octanol–water partition coefficient (Wildman–Crippen LogP) is 1.58. The maximum atomic E-state index is 9.73. The first-order valence-electron chi connectivity index (χ1n) is 7.11. The third-order valence-electron chi connectivity index (χ3n) is 3.84. The van der Waals surface area contributed by atoms with Crippen LogP contribution in [0.3, 0.4) is 0 Å². The van der Waals surface area contributed by atoms with E-state index in [4.69, 9.17) is 0 Å². The van der Waals surface area contributed by atoms with Crippen molar-refractivity contribution in [1.29, 1.82) is 0 Å². The van der Waals surface area contributed by atoms with Gasteiger partial charge in [-0.1, -0.05) is 6.92 Å². The van der Waals surface area contributed by atoms with Crippen LogP contribution in [0.2, 0.25) is 0 Å². The molecule has 1 aliphatic rings. The van der Waals surface area contributed by atoms with Crippen LogP contribution in [-0.2, 0) is 0 Å². The van der Waals surface area contributed by atoms with E-state index in [0.29, 0.717) is 0 Å². The third kappa shape index (κ3) is 2.77. The molecule has 1 N–H and O–H groups in total. The molecule has 3 rings (SSSR count). The average molecular weight is 292 g/mol. The minimum atomic E-state index is -0.204. The molecule has 1 unspecified atom stereocenters. The zero-order chi connectivity index (χ0) is 13.9. The van der Waals surface area contributed by atoms with Crippen molar-refractivity contribution in [2.75, 3.05) is 37.6 Å². The molecule has 108 valence electrons. The second kappa shape index (κ2) is 6.03. The molecule has 5 nitrogen and oxygen atoms in total. The topological polar surface area (TPSA) is 52.5 Å². The van der Waals surface area contributed by atoms with Gasteiger partial charge in [-0.15, -0.1) is 11.3 Å². The molecular weight excluding hydrogens is 272 g/mol. The molecule has 3 heterocycles. The zero-order valence-electron chi connectivity index (χ0n) is 11.7. The Labute approximate surface area is 122 Å². The Hall–Kier alpha value is -1.24. The standard InChI is InChI=1S/C14H20N4OS/c1-2-11(19)9-17-4-6-18(7-5-17)14-13-12(3-8-20-13)15-10-16-14/h3,8,10-11,19H,2,4-7,9H2,1H3. The Bertz CT molecular complexity index is 565. The largest absolute Gasteiger partial charge is 0.392 e. The van der Waals surface area contributed by atoms with Crippen LogP contribution in [0, 0.1) is 0 Å². The number of β-amino-alcohol motifs (C(OH)–C–C–N with tert-alkyl or cyclic N) is 1. The number of piperazine rings is 1. The summed E-state index contributed by atoms with van der Waals surface area (Å²) in [6.45, 7) is 6.68. The van der Waals surface area contributed by atoms with Crippen LogP contribution >= 0.6 is 11.3 Å². The van der Waals surface area contributed by atoms with Crippen LogP contribution in [0.15, 0.2) is 17.8 Å². The quantitative estimate of drug-likeness (QED) is 0.927. The lowest BCUT2D eigenvalue weighted by atomic mass is 10.2. The minimum Gasteiger partial charge on any atom is -0.392 e. The van der Waals surface area contributed by atoms with Gasteiger partial charge in [0.2, 0.25) is 0 Å². The fourth-order valence-electron chi connectivity index (χ4n) is 2.57. The van der Waals surface area contributed by atoms with Crippen molar-refractivity contribution in [3.05, 3.63) is 17.8 Å². The number of fused-ring (bicyclic) bond motifs is 1. The van der Waals surface area contributed by atoms with Gasteiger partial charge in [-0.25, -0.2) is 9.97 Å². The number of rotatable bonds is 4. The highest BCUT2D eigenvalue weighted by Gasteiger charge is 2.21. The molecule has 0 bridgehead atoms. The van der Waals surface area contributed by atoms with E-state index in [2.05, 4.69) is 25.1 Å². The molecule has 1 saturated heterocycles. The van der Waals surface area contributed by atoms with E-state index in [-0.39, 0.29) is 6.10 Å². The highest BCUT2D eigenvalue weighted by atomic mass is 32.1. The SMILES string of the molecule is CCC(O)CN1CCN(c2ncnc3ccsc23)CC1. The van der Waals surface area contributed by atoms with E-state index in [0.717, 1.165) is 50.5 Å². The summed E-state index contributed by atoms with van der Waals surface area (Å²) in [6, 6.07) is 2.04. The number of hydrogen-bond donors (Lipinski definition) is 1. The van der Waals surface area contributed by atoms with E-state index in [1.165, 1.54) is 4.70 Å². The monoisotopic (exact) mass is 292 g/mol. The maximum absolute atomic E-state index is 9.73. The summed E-state index contributed by atoms with van der Waals surface area (Å²) in [7, 11) is 0. The van der Waals surface area contributed by atoms with Crippen LogP contribution < -0.4 is 4.90 Å². The smallest absolute Gasteiger partial charge is 0.150 e. The molecule has 0 aliphatic carbocycles. The first kappa shape index (κ1) is 13.7. The molecule has 2 aromatic rings. The lowest BCUT2D eigenvalue weighted by molar-refractivity contribution is 0.106. The van der Waals surface area contributed by atoms with Crippen LogP contribution in [0.4, 0.5) is 5.82 Å². The maximum Gasteiger partial charge on any atom is 0.150 e. The van der Waals surface area contributed by atoms with Crippen LogP contribution in [-0.4, -0.2) is 58.8 Å². The van der Waals surface area contributed by atoms with Crippen molar-refractivity contribution in [2.24, 2.45) is 0 Å². The number of hydrogen-bond acceptors (Lipinski definition) is 6. The third-order valence-corrected chi connectivity index (χ3v) is 4.74. The predicted molar refractivity (Wildman–Crippen MR) is 82.4 cm³/mol. The summed E-state index contributed by atoms with van der Waals surface area (Å²) in [5.74, 6) is 1.06. The van der Waals surface area contributed by atoms with E-state index in [9.17, 15) is 5.11 Å². The van der Waals surface area contributed by atoms with Crippen molar-refractivity contribution >= 4 is 27.4 Å². The Kier molecular flexibility index (Phi) is 4.14. The summed E-state index contributed by atoms with van der Waals surface area (Å²) < 4.78 is 1.18. The van der Waals surface area contributed by atoms with E-state index in [1.54, 1.807) is 17.7 Å². The van der Waals surface area contributed by atoms with Crippen molar-refractivity contribution in [3.63, 3.8) is 0 Å². The molecule has 0 spiro atoms. The number of aliphatic hydroxyl groups is 1. The minimum absolute atomic E-state index is 0.204. The lowest BCUT2D eigenvalue weighted by Crippen LogP contribution is -2.48. The first-order valence-corrected chi connectivity index (χ1v) is 7.99. The van der Waals surface area contributed by atoms with E-state index < -0.39 is 0 Å². The second-order valence-electron chi connectivity index (χ2n) is 5.18. The molecule has 0 aromatic carbocycles. The van der Waals surface area contributed by atoms with E-state index in [1.807, 2.05) is 13.0 Å². The Morgan fingerprint density at radius 1 is 1.30 bits per heavy atom. The van der Waals surface area contributed by atoms with Gasteiger partial charge in [-0.2, -0.15) is 0 Å². The van der Waals surface area contributed by atoms with Crippen molar-refractivity contribution < 1.29 is 5.11 Å². The molecule has 20 heavy (non-hydrogen) atoms. The molecule has 0 radical (unpaired) electrons. The summed E-state index contributed by atoms with van der Waals surface area (Å²) >= 11 is 1.70. The summed E-state index contributed by atoms with van der Waals surface area (Å²) in [4.78, 5) is 13.4. The van der Waals surface area contributed by atoms with Crippen molar-refractivity contribution in [3.8, 4) is 0 Å². The fourth-order valence-corrected chi connectivity index (χ4v) is 3.43. The number of aliphatic hydroxyl groups excluding tert-OH is 1. The van der Waals surface area contributed by atoms with Crippen LogP contribution in [0.5, 0.6) is 0 Å². The number of nitrogens with zero attached hydrogens (tertiary/aromatic N) is 4. The number of thiophene rings is 1. The van der Waals surface area contributed by atoms with Crippen LogP contribution in [0.25, 0.3) is 10.2 Å². The van der Waals surface area contributed by atoms with Gasteiger partial charge in [0.25, 0.3) is 0 Å². The average Bonchev–Trinajstić information content (AvgIpc) is 2.96. The molecule has 1 fully saturated rings. The summed E-state index contributed by atoms with van der Waals surface area (Å²) in [5, 5.41) is 11.8. The van der Waals surface area contributed by atoms with Gasteiger partial charge in [-0.05, 0) is 17.9 Å². The zero-order valence-corrected chi connectivity index (χ0v) is 12.5. The van der Waals surface area contributed by atoms with Gasteiger partial charge >= 0.3 is 0 Å². The highest BCUT2D eigenvalue weighted by molar-refractivity contribution is 7.17. The fraction of sp³-hybridized carbons (Fsp3) is 0.571. The van der Waals surface area contributed by atoms with Gasteiger partial charge in [0.05, 0.1) is 16.3 Å². The van der Waals surface area contributed by atoms with Gasteiger partial charge < -0.3 is 10.0 Å². The van der Waals surface area contributed by atoms with E-state index >= 15 is 0 Å². The Balaban J connectivity index is 1.67. The van der Waals surface area contributed by atoms with Gasteiger partial charge in [-0.3, -0.25) is 4.90 Å². The second-order valence-corrected chi connectivity index (χ2v) is 6.10. The van der Waals surface area contributed by atoms with Crippen LogP contribution in [0.1, 0.15) is 13.3 Å². The van der Waals surface area contributed by atoms with Crippen molar-refractivity contribution in [1.82, 2.24) is 14.9 Å². The first-order chi connectivity index (χ1) is 9.78. The number of anilines is 1. The molecule has 1 aliphatic heterocycles. The van der Waals surface area contributed by atoms with Gasteiger partial charge in [0.1, 0.15) is 12.1 Å². The Morgan fingerprint density at radius 3 is 2.85 bits per heavy atom. The molecular formula is C14H20N4OS. The summed E-state index contributed by atoms with van der Waals surface area (Å²) in [6.07, 6.45) is 2.27. The molecule has 6 heteroatoms. The number of aromatic nitrogens is 2. The van der Waals surface area contributed by atoms with Crippen molar-refractivity contribution in [2.45, 2.75) is 19.4 Å². The molecule has 2 aromatic heterocycles. The Morgan fingerprint density at radius 2 is 2.10 bits per heavy atom. The highest BCUT2D eigenvalue weighted by Crippen LogP contribution is 2.28. The van der Waals surface area contributed by atoms with Gasteiger partial charge in [0.15, 0.2) is 0 Å².